The fourth-order valence-electron chi connectivity index (χ4n) is 4.68. The van der Waals surface area contributed by atoms with Gasteiger partial charge in [0, 0.05) is 51.3 Å². The first-order valence-corrected chi connectivity index (χ1v) is 11.5. The highest BCUT2D eigenvalue weighted by molar-refractivity contribution is 6.30. The van der Waals surface area contributed by atoms with Gasteiger partial charge in [-0.2, -0.15) is 0 Å². The molecule has 3 heterocycles. The molecule has 5 rings (SSSR count). The van der Waals surface area contributed by atoms with Crippen LogP contribution in [-0.4, -0.2) is 82.9 Å². The lowest BCUT2D eigenvalue weighted by Crippen LogP contribution is -2.64. The van der Waals surface area contributed by atoms with Crippen molar-refractivity contribution in [2.75, 3.05) is 33.2 Å². The van der Waals surface area contributed by atoms with Crippen LogP contribution in [0.1, 0.15) is 11.1 Å². The van der Waals surface area contributed by atoms with Crippen LogP contribution in [-0.2, 0) is 17.9 Å². The van der Waals surface area contributed by atoms with Gasteiger partial charge >= 0.3 is 6.03 Å². The van der Waals surface area contributed by atoms with E-state index in [1.54, 1.807) is 7.05 Å². The quantitative estimate of drug-likeness (QED) is 0.748. The standard InChI is InChI=1S/C24H27ClN6O2/c1-28-21-20(22(32)27-24(28)33)31(16-17-5-3-2-4-6-17)23(26-21)30-13-11-29(12-14-30)15-18-7-9-19(25)10-8-18/h2-10,20-21H,11-16H2,1H3,(H,27,32,33). The van der Waals surface area contributed by atoms with Crippen molar-refractivity contribution in [1.29, 1.82) is 0 Å². The second-order valence-electron chi connectivity index (χ2n) is 8.70. The molecule has 2 aromatic rings. The second kappa shape index (κ2) is 9.03. The molecular weight excluding hydrogens is 440 g/mol. The zero-order valence-corrected chi connectivity index (χ0v) is 19.3. The molecule has 0 spiro atoms. The Hall–Kier alpha value is -3.10. The number of nitrogens with zero attached hydrogens (tertiary/aromatic N) is 5. The Morgan fingerprint density at radius 3 is 2.30 bits per heavy atom. The van der Waals surface area contributed by atoms with Crippen molar-refractivity contribution in [1.82, 2.24) is 24.9 Å². The predicted molar refractivity (Wildman–Crippen MR) is 127 cm³/mol. The maximum Gasteiger partial charge on any atom is 0.325 e. The molecule has 3 amide bonds. The minimum Gasteiger partial charge on any atom is -0.340 e. The zero-order valence-electron chi connectivity index (χ0n) is 18.5. The fourth-order valence-corrected chi connectivity index (χ4v) is 4.80. The molecule has 3 aliphatic heterocycles. The average molecular weight is 467 g/mol. The minimum absolute atomic E-state index is 0.292. The Morgan fingerprint density at radius 2 is 1.61 bits per heavy atom. The van der Waals surface area contributed by atoms with E-state index in [2.05, 4.69) is 27.2 Å². The van der Waals surface area contributed by atoms with Crippen molar-refractivity contribution in [2.45, 2.75) is 25.3 Å². The van der Waals surface area contributed by atoms with Crippen molar-refractivity contribution < 1.29 is 9.59 Å². The van der Waals surface area contributed by atoms with E-state index in [0.717, 1.165) is 49.3 Å². The number of rotatable bonds is 4. The Balaban J connectivity index is 1.33. The molecule has 172 valence electrons. The van der Waals surface area contributed by atoms with Gasteiger partial charge in [-0.25, -0.2) is 9.79 Å². The first kappa shape index (κ1) is 21.7. The number of amides is 3. The molecule has 8 nitrogen and oxygen atoms in total. The number of nitrogens with one attached hydrogen (secondary N) is 1. The molecule has 1 N–H and O–H groups in total. The van der Waals surface area contributed by atoms with E-state index in [-0.39, 0.29) is 5.91 Å². The molecule has 2 unspecified atom stereocenters. The summed E-state index contributed by atoms with van der Waals surface area (Å²) in [6.07, 6.45) is -0.517. The summed E-state index contributed by atoms with van der Waals surface area (Å²) in [6, 6.07) is 17.1. The van der Waals surface area contributed by atoms with E-state index in [4.69, 9.17) is 16.6 Å². The third-order valence-corrected chi connectivity index (χ3v) is 6.76. The maximum absolute atomic E-state index is 12.8. The van der Waals surface area contributed by atoms with Crippen LogP contribution in [0.4, 0.5) is 4.79 Å². The van der Waals surface area contributed by atoms with Crippen LogP contribution in [0.15, 0.2) is 59.6 Å². The van der Waals surface area contributed by atoms with Gasteiger partial charge in [0.25, 0.3) is 5.91 Å². The van der Waals surface area contributed by atoms with E-state index < -0.39 is 18.2 Å². The highest BCUT2D eigenvalue weighted by atomic mass is 35.5. The number of guanidine groups is 1. The molecule has 9 heteroatoms. The molecular formula is C24H27ClN6O2. The smallest absolute Gasteiger partial charge is 0.325 e. The van der Waals surface area contributed by atoms with Gasteiger partial charge in [0.1, 0.15) is 0 Å². The summed E-state index contributed by atoms with van der Waals surface area (Å²) in [4.78, 5) is 38.2. The zero-order chi connectivity index (χ0) is 22.9. The van der Waals surface area contributed by atoms with Crippen LogP contribution in [0, 0.1) is 0 Å². The number of benzene rings is 2. The average Bonchev–Trinajstić information content (AvgIpc) is 3.20. The van der Waals surface area contributed by atoms with E-state index in [1.165, 1.54) is 10.5 Å². The number of fused-ring (bicyclic) bond motifs is 1. The highest BCUT2D eigenvalue weighted by Gasteiger charge is 2.49. The van der Waals surface area contributed by atoms with Gasteiger partial charge in [-0.3, -0.25) is 15.0 Å². The van der Waals surface area contributed by atoms with E-state index in [9.17, 15) is 9.59 Å². The number of halogens is 1. The number of aliphatic imine (C=N–C) groups is 1. The molecule has 0 saturated carbocycles. The van der Waals surface area contributed by atoms with E-state index in [0.29, 0.717) is 6.54 Å². The Kier molecular flexibility index (Phi) is 5.95. The molecule has 0 bridgehead atoms. The van der Waals surface area contributed by atoms with Crippen LogP contribution in [0.5, 0.6) is 0 Å². The molecule has 2 fully saturated rings. The molecule has 2 saturated heterocycles. The fraction of sp³-hybridized carbons (Fsp3) is 0.375. The molecule has 0 aliphatic carbocycles. The molecule has 2 atom stereocenters. The normalized spacial score (nSPS) is 23.5. The lowest BCUT2D eigenvalue weighted by atomic mass is 10.1. The molecule has 0 aromatic heterocycles. The monoisotopic (exact) mass is 466 g/mol. The molecule has 2 aromatic carbocycles. The van der Waals surface area contributed by atoms with Gasteiger partial charge in [-0.1, -0.05) is 54.1 Å². The summed E-state index contributed by atoms with van der Waals surface area (Å²) in [5.41, 5.74) is 2.33. The largest absolute Gasteiger partial charge is 0.340 e. The number of carbonyl (C=O) groups is 2. The first-order chi connectivity index (χ1) is 16.0. The van der Waals surface area contributed by atoms with Crippen LogP contribution < -0.4 is 5.32 Å². The van der Waals surface area contributed by atoms with Gasteiger partial charge in [-0.15, -0.1) is 0 Å². The van der Waals surface area contributed by atoms with Crippen LogP contribution in [0.25, 0.3) is 0 Å². The summed E-state index contributed by atoms with van der Waals surface area (Å²) in [5, 5.41) is 3.22. The lowest BCUT2D eigenvalue weighted by Gasteiger charge is -2.40. The van der Waals surface area contributed by atoms with Crippen molar-refractivity contribution in [2.24, 2.45) is 4.99 Å². The number of imide groups is 1. The SMILES string of the molecule is CN1C(=O)NC(=O)C2C1N=C(N1CCN(Cc3ccc(Cl)cc3)CC1)N2Cc1ccccc1. The molecule has 33 heavy (non-hydrogen) atoms. The Labute approximate surface area is 198 Å². The highest BCUT2D eigenvalue weighted by Crippen LogP contribution is 2.28. The second-order valence-corrected chi connectivity index (χ2v) is 9.13. The number of urea groups is 1. The predicted octanol–water partition coefficient (Wildman–Crippen LogP) is 2.21. The summed E-state index contributed by atoms with van der Waals surface area (Å²) in [5.74, 6) is 0.496. The van der Waals surface area contributed by atoms with Gasteiger partial charge in [0.05, 0.1) is 0 Å². The third kappa shape index (κ3) is 4.41. The van der Waals surface area contributed by atoms with Gasteiger partial charge < -0.3 is 14.7 Å². The number of piperazine rings is 1. The van der Waals surface area contributed by atoms with Gasteiger partial charge in [0.2, 0.25) is 0 Å². The summed E-state index contributed by atoms with van der Waals surface area (Å²) in [7, 11) is 1.69. The van der Waals surface area contributed by atoms with E-state index in [1.807, 2.05) is 47.4 Å². The number of likely N-dealkylation sites (N-methyl/N-ethyl adjacent to an activating group) is 1. The van der Waals surface area contributed by atoms with Gasteiger partial charge in [-0.05, 0) is 23.3 Å². The summed E-state index contributed by atoms with van der Waals surface area (Å²) < 4.78 is 0. The van der Waals surface area contributed by atoms with Crippen molar-refractivity contribution in [3.05, 3.63) is 70.7 Å². The third-order valence-electron chi connectivity index (χ3n) is 6.51. The first-order valence-electron chi connectivity index (χ1n) is 11.2. The van der Waals surface area contributed by atoms with Crippen LogP contribution >= 0.6 is 11.6 Å². The topological polar surface area (TPSA) is 71.5 Å². The van der Waals surface area contributed by atoms with E-state index >= 15 is 0 Å². The molecule has 3 aliphatic rings. The number of hydrogen-bond acceptors (Lipinski definition) is 6. The Bertz CT molecular complexity index is 1050. The summed E-state index contributed by atoms with van der Waals surface area (Å²) >= 11 is 6.01. The van der Waals surface area contributed by atoms with Crippen LogP contribution in [0.3, 0.4) is 0 Å². The number of carbonyl (C=O) groups excluding carboxylic acids is 2. The van der Waals surface area contributed by atoms with Crippen molar-refractivity contribution in [3.63, 3.8) is 0 Å². The Morgan fingerprint density at radius 1 is 0.939 bits per heavy atom. The van der Waals surface area contributed by atoms with Gasteiger partial charge in [0.15, 0.2) is 18.2 Å². The summed E-state index contributed by atoms with van der Waals surface area (Å²) in [6.45, 7) is 4.80. The van der Waals surface area contributed by atoms with Crippen LogP contribution in [0.2, 0.25) is 5.02 Å². The lowest BCUT2D eigenvalue weighted by molar-refractivity contribution is -0.127. The maximum atomic E-state index is 12.8. The van der Waals surface area contributed by atoms with Crippen molar-refractivity contribution in [3.8, 4) is 0 Å². The number of hydrogen-bond donors (Lipinski definition) is 1. The molecule has 0 radical (unpaired) electrons. The van der Waals surface area contributed by atoms with Crippen molar-refractivity contribution >= 4 is 29.5 Å². The minimum atomic E-state index is -0.532.